The maximum Gasteiger partial charge on any atom is 0.339 e. The quantitative estimate of drug-likeness (QED) is 0.830. The maximum atomic E-state index is 13.3. The number of amides is 1. The smallest absolute Gasteiger partial charge is 0.339 e. The van der Waals surface area contributed by atoms with Crippen molar-refractivity contribution in [2.45, 2.75) is 26.8 Å². The largest absolute Gasteiger partial charge is 0.465 e. The molecule has 3 N–H and O–H groups in total. The van der Waals surface area contributed by atoms with Gasteiger partial charge in [0.05, 0.1) is 24.4 Å². The Balaban J connectivity index is 3.05. The Labute approximate surface area is 117 Å². The van der Waals surface area contributed by atoms with Crippen LogP contribution >= 0.6 is 0 Å². The van der Waals surface area contributed by atoms with Gasteiger partial charge in [0.15, 0.2) is 0 Å². The minimum Gasteiger partial charge on any atom is -0.465 e. The van der Waals surface area contributed by atoms with Gasteiger partial charge in [-0.05, 0) is 23.6 Å². The van der Waals surface area contributed by atoms with Crippen molar-refractivity contribution in [2.24, 2.45) is 11.1 Å². The molecule has 0 spiro atoms. The SMILES string of the molecule is COC(=O)c1ccc(F)cc1NC(=O)[C@H](N)C(C)(C)C. The zero-order chi connectivity index (χ0) is 15.5. The molecular weight excluding hydrogens is 263 g/mol. The van der Waals surface area contributed by atoms with Crippen LogP contribution in [0.15, 0.2) is 18.2 Å². The van der Waals surface area contributed by atoms with Crippen LogP contribution < -0.4 is 11.1 Å². The molecular formula is C14H19FN2O3. The number of hydrogen-bond donors (Lipinski definition) is 2. The lowest BCUT2D eigenvalue weighted by molar-refractivity contribution is -0.119. The van der Waals surface area contributed by atoms with Crippen molar-refractivity contribution in [3.63, 3.8) is 0 Å². The summed E-state index contributed by atoms with van der Waals surface area (Å²) in [4.78, 5) is 23.6. The van der Waals surface area contributed by atoms with Crippen molar-refractivity contribution in [3.05, 3.63) is 29.6 Å². The minimum atomic E-state index is -0.795. The maximum absolute atomic E-state index is 13.3. The molecule has 1 aromatic carbocycles. The van der Waals surface area contributed by atoms with E-state index in [0.29, 0.717) is 0 Å². The first kappa shape index (κ1) is 16.1. The van der Waals surface area contributed by atoms with Crippen molar-refractivity contribution in [2.75, 3.05) is 12.4 Å². The van der Waals surface area contributed by atoms with Gasteiger partial charge in [0, 0.05) is 0 Å². The third-order valence-electron chi connectivity index (χ3n) is 2.86. The number of methoxy groups -OCH3 is 1. The van der Waals surface area contributed by atoms with E-state index in [2.05, 4.69) is 10.1 Å². The Hall–Kier alpha value is -1.95. The molecule has 0 aromatic heterocycles. The standard InChI is InChI=1S/C14H19FN2O3/c1-14(2,3)11(16)12(18)17-10-7-8(15)5-6-9(10)13(19)20-4/h5-7,11H,16H2,1-4H3,(H,17,18)/t11-/m0/s1. The summed E-state index contributed by atoms with van der Waals surface area (Å²) in [5, 5.41) is 2.47. The predicted molar refractivity (Wildman–Crippen MR) is 73.8 cm³/mol. The van der Waals surface area contributed by atoms with E-state index in [1.807, 2.05) is 20.8 Å². The molecule has 0 aliphatic rings. The monoisotopic (exact) mass is 282 g/mol. The second-order valence-corrected chi connectivity index (χ2v) is 5.51. The van der Waals surface area contributed by atoms with Gasteiger partial charge in [-0.15, -0.1) is 0 Å². The molecule has 0 bridgehead atoms. The molecule has 1 amide bonds. The highest BCUT2D eigenvalue weighted by Gasteiger charge is 2.28. The molecule has 0 aliphatic heterocycles. The highest BCUT2D eigenvalue weighted by molar-refractivity contribution is 6.02. The van der Waals surface area contributed by atoms with Crippen molar-refractivity contribution >= 4 is 17.6 Å². The van der Waals surface area contributed by atoms with Crippen molar-refractivity contribution < 1.29 is 18.7 Å². The number of benzene rings is 1. The summed E-state index contributed by atoms with van der Waals surface area (Å²) >= 11 is 0. The fraction of sp³-hybridized carbons (Fsp3) is 0.429. The normalized spacial score (nSPS) is 12.7. The Morgan fingerprint density at radius 3 is 2.45 bits per heavy atom. The van der Waals surface area contributed by atoms with E-state index in [-0.39, 0.29) is 11.3 Å². The Kier molecular flexibility index (Phi) is 4.83. The van der Waals surface area contributed by atoms with Gasteiger partial charge in [0.25, 0.3) is 0 Å². The number of carbonyl (C=O) groups is 2. The van der Waals surface area contributed by atoms with Gasteiger partial charge in [-0.2, -0.15) is 0 Å². The van der Waals surface area contributed by atoms with E-state index in [0.717, 1.165) is 12.1 Å². The number of carbonyl (C=O) groups excluding carboxylic acids is 2. The molecule has 0 heterocycles. The van der Waals surface area contributed by atoms with Gasteiger partial charge < -0.3 is 15.8 Å². The highest BCUT2D eigenvalue weighted by Crippen LogP contribution is 2.22. The Morgan fingerprint density at radius 1 is 1.35 bits per heavy atom. The van der Waals surface area contributed by atoms with E-state index in [1.165, 1.54) is 13.2 Å². The van der Waals surface area contributed by atoms with Crippen molar-refractivity contribution in [3.8, 4) is 0 Å². The van der Waals surface area contributed by atoms with Gasteiger partial charge in [-0.25, -0.2) is 9.18 Å². The third-order valence-corrected chi connectivity index (χ3v) is 2.86. The Morgan fingerprint density at radius 2 is 1.95 bits per heavy atom. The second-order valence-electron chi connectivity index (χ2n) is 5.51. The van der Waals surface area contributed by atoms with Crippen LogP contribution in [-0.2, 0) is 9.53 Å². The van der Waals surface area contributed by atoms with Crippen molar-refractivity contribution in [1.29, 1.82) is 0 Å². The lowest BCUT2D eigenvalue weighted by Gasteiger charge is -2.26. The molecule has 0 unspecified atom stereocenters. The summed E-state index contributed by atoms with van der Waals surface area (Å²) in [5.41, 5.74) is 5.48. The molecule has 0 saturated heterocycles. The molecule has 5 nitrogen and oxygen atoms in total. The minimum absolute atomic E-state index is 0.0431. The molecule has 0 radical (unpaired) electrons. The second kappa shape index (κ2) is 6.00. The fourth-order valence-electron chi connectivity index (χ4n) is 1.51. The number of anilines is 1. The van der Waals surface area contributed by atoms with E-state index in [4.69, 9.17) is 5.73 Å². The van der Waals surface area contributed by atoms with E-state index in [1.54, 1.807) is 0 Å². The Bertz CT molecular complexity index is 524. The molecule has 1 aromatic rings. The zero-order valence-corrected chi connectivity index (χ0v) is 12.0. The average Bonchev–Trinajstić information content (AvgIpc) is 2.36. The molecule has 6 heteroatoms. The number of rotatable bonds is 3. The van der Waals surface area contributed by atoms with Crippen LogP contribution in [0.5, 0.6) is 0 Å². The zero-order valence-electron chi connectivity index (χ0n) is 12.0. The number of nitrogens with one attached hydrogen (secondary N) is 1. The molecule has 0 fully saturated rings. The average molecular weight is 282 g/mol. The topological polar surface area (TPSA) is 81.4 Å². The van der Waals surface area contributed by atoms with Crippen LogP contribution in [-0.4, -0.2) is 25.0 Å². The van der Waals surface area contributed by atoms with Crippen LogP contribution in [0.25, 0.3) is 0 Å². The first-order chi connectivity index (χ1) is 9.16. The number of halogens is 1. The predicted octanol–water partition coefficient (Wildman–Crippen LogP) is 1.92. The summed E-state index contributed by atoms with van der Waals surface area (Å²) in [6, 6.07) is 2.63. The number of nitrogens with two attached hydrogens (primary N) is 1. The lowest BCUT2D eigenvalue weighted by atomic mass is 9.87. The summed E-state index contributed by atoms with van der Waals surface area (Å²) in [5.74, 6) is -1.73. The molecule has 0 aliphatic carbocycles. The summed E-state index contributed by atoms with van der Waals surface area (Å²) < 4.78 is 17.8. The van der Waals surface area contributed by atoms with E-state index >= 15 is 0 Å². The van der Waals surface area contributed by atoms with Crippen LogP contribution in [0.2, 0.25) is 0 Å². The lowest BCUT2D eigenvalue weighted by Crippen LogP contribution is -2.45. The third kappa shape index (κ3) is 3.77. The van der Waals surface area contributed by atoms with Crippen LogP contribution in [0.4, 0.5) is 10.1 Å². The van der Waals surface area contributed by atoms with Crippen LogP contribution in [0.3, 0.4) is 0 Å². The van der Waals surface area contributed by atoms with Gasteiger partial charge >= 0.3 is 5.97 Å². The number of hydrogen-bond acceptors (Lipinski definition) is 4. The first-order valence-corrected chi connectivity index (χ1v) is 6.11. The molecule has 0 saturated carbocycles. The number of ether oxygens (including phenoxy) is 1. The van der Waals surface area contributed by atoms with Gasteiger partial charge in [-0.3, -0.25) is 4.79 Å². The van der Waals surface area contributed by atoms with Gasteiger partial charge in [-0.1, -0.05) is 20.8 Å². The van der Waals surface area contributed by atoms with Crippen LogP contribution in [0, 0.1) is 11.2 Å². The fourth-order valence-corrected chi connectivity index (χ4v) is 1.51. The first-order valence-electron chi connectivity index (χ1n) is 6.11. The summed E-state index contributed by atoms with van der Waals surface area (Å²) in [6.07, 6.45) is 0. The highest BCUT2D eigenvalue weighted by atomic mass is 19.1. The molecule has 110 valence electrons. The van der Waals surface area contributed by atoms with Gasteiger partial charge in [0.2, 0.25) is 5.91 Å². The van der Waals surface area contributed by atoms with E-state index in [9.17, 15) is 14.0 Å². The summed E-state index contributed by atoms with van der Waals surface area (Å²) in [6.45, 7) is 5.43. The summed E-state index contributed by atoms with van der Waals surface area (Å²) in [7, 11) is 1.21. The molecule has 20 heavy (non-hydrogen) atoms. The van der Waals surface area contributed by atoms with Crippen LogP contribution in [0.1, 0.15) is 31.1 Å². The van der Waals surface area contributed by atoms with Crippen molar-refractivity contribution in [1.82, 2.24) is 0 Å². The van der Waals surface area contributed by atoms with Gasteiger partial charge in [0.1, 0.15) is 5.82 Å². The van der Waals surface area contributed by atoms with E-state index < -0.39 is 29.2 Å². The molecule has 1 atom stereocenters. The number of esters is 1. The molecule has 1 rings (SSSR count).